The number of carbonyl (C=O) groups excluding carboxylic acids is 1. The van der Waals surface area contributed by atoms with Crippen LogP contribution in [0, 0.1) is 5.41 Å². The summed E-state index contributed by atoms with van der Waals surface area (Å²) in [6.07, 6.45) is 10.7. The van der Waals surface area contributed by atoms with Gasteiger partial charge in [0.25, 0.3) is 0 Å². The second-order valence-electron chi connectivity index (χ2n) is 9.62. The maximum Gasteiger partial charge on any atom is 0.331 e. The molecule has 29 heavy (non-hydrogen) atoms. The van der Waals surface area contributed by atoms with Crippen LogP contribution in [-0.2, 0) is 14.3 Å². The van der Waals surface area contributed by atoms with E-state index in [1.54, 1.807) is 0 Å². The molecule has 0 spiro atoms. The molecule has 1 aliphatic heterocycles. The first kappa shape index (κ1) is 23.6. The van der Waals surface area contributed by atoms with Crippen LogP contribution in [0.1, 0.15) is 73.6 Å². The standard InChI is InChI=1S/C25H38O4/c1-17(2)9-8-13-24(6)14-12-21(28-23(27)15-18(3)4)25(7)22(29-25)11-10-19(5)20(26)16-24/h9,12,14-15,20-22,26H,5,8,10-11,13,16H2,1-4,6-7H3/t20-,21?,22?,24-,25-/m1/s1. The van der Waals surface area contributed by atoms with E-state index in [-0.39, 0.29) is 17.5 Å². The maximum absolute atomic E-state index is 12.3. The van der Waals surface area contributed by atoms with Crippen LogP contribution < -0.4 is 0 Å². The van der Waals surface area contributed by atoms with E-state index in [0.717, 1.165) is 30.4 Å². The minimum absolute atomic E-state index is 0.00404. The summed E-state index contributed by atoms with van der Waals surface area (Å²) in [5, 5.41) is 10.7. The number of aliphatic hydroxyl groups excluding tert-OH is 1. The first-order chi connectivity index (χ1) is 13.4. The predicted octanol–water partition coefficient (Wildman–Crippen LogP) is 5.43. The molecule has 0 aromatic heterocycles. The number of aliphatic hydroxyl groups is 1. The van der Waals surface area contributed by atoms with E-state index in [4.69, 9.17) is 9.47 Å². The van der Waals surface area contributed by atoms with E-state index >= 15 is 0 Å². The Kier molecular flexibility index (Phi) is 7.69. The van der Waals surface area contributed by atoms with Gasteiger partial charge >= 0.3 is 5.97 Å². The van der Waals surface area contributed by atoms with Crippen molar-refractivity contribution in [1.82, 2.24) is 0 Å². The molecule has 4 heteroatoms. The molecule has 0 amide bonds. The highest BCUT2D eigenvalue weighted by molar-refractivity contribution is 5.83. The minimum atomic E-state index is -0.550. The van der Waals surface area contributed by atoms with Crippen molar-refractivity contribution < 1.29 is 19.4 Å². The summed E-state index contributed by atoms with van der Waals surface area (Å²) in [5.41, 5.74) is 2.28. The van der Waals surface area contributed by atoms with Gasteiger partial charge in [0.15, 0.2) is 6.10 Å². The van der Waals surface area contributed by atoms with Crippen molar-refractivity contribution in [1.29, 1.82) is 0 Å². The fraction of sp³-hybridized carbons (Fsp3) is 0.640. The summed E-state index contributed by atoms with van der Waals surface area (Å²) >= 11 is 0. The quantitative estimate of drug-likeness (QED) is 0.288. The Morgan fingerprint density at radius 2 is 2.00 bits per heavy atom. The Balaban J connectivity index is 2.31. The molecule has 0 bridgehead atoms. The van der Waals surface area contributed by atoms with E-state index in [9.17, 15) is 9.90 Å². The zero-order chi connectivity index (χ0) is 21.8. The number of rotatable bonds is 5. The Hall–Kier alpha value is -1.65. The van der Waals surface area contributed by atoms with Crippen LogP contribution in [0.4, 0.5) is 0 Å². The lowest BCUT2D eigenvalue weighted by Crippen LogP contribution is -2.32. The molecule has 0 radical (unpaired) electrons. The second kappa shape index (κ2) is 9.44. The van der Waals surface area contributed by atoms with E-state index in [2.05, 4.69) is 39.5 Å². The third-order valence-corrected chi connectivity index (χ3v) is 5.99. The number of hydrogen-bond acceptors (Lipinski definition) is 4. The van der Waals surface area contributed by atoms with E-state index < -0.39 is 17.8 Å². The van der Waals surface area contributed by atoms with Crippen LogP contribution in [0.3, 0.4) is 0 Å². The zero-order valence-corrected chi connectivity index (χ0v) is 19.0. The van der Waals surface area contributed by atoms with Crippen LogP contribution in [0.2, 0.25) is 0 Å². The molecular formula is C25H38O4. The van der Waals surface area contributed by atoms with Gasteiger partial charge in [0.1, 0.15) is 5.60 Å². The molecule has 5 atom stereocenters. The topological polar surface area (TPSA) is 59.1 Å². The lowest BCUT2D eigenvalue weighted by molar-refractivity contribution is -0.143. The summed E-state index contributed by atoms with van der Waals surface area (Å²) < 4.78 is 11.8. The van der Waals surface area contributed by atoms with Gasteiger partial charge in [-0.25, -0.2) is 4.79 Å². The van der Waals surface area contributed by atoms with Gasteiger partial charge in [-0.15, -0.1) is 0 Å². The molecule has 2 rings (SSSR count). The van der Waals surface area contributed by atoms with Crippen LogP contribution in [0.5, 0.6) is 0 Å². The molecule has 1 saturated heterocycles. The number of hydrogen-bond donors (Lipinski definition) is 1. The fourth-order valence-corrected chi connectivity index (χ4v) is 3.94. The molecular weight excluding hydrogens is 364 g/mol. The number of ether oxygens (including phenoxy) is 2. The third-order valence-electron chi connectivity index (χ3n) is 5.99. The minimum Gasteiger partial charge on any atom is -0.452 e. The van der Waals surface area contributed by atoms with Gasteiger partial charge in [0.2, 0.25) is 0 Å². The zero-order valence-electron chi connectivity index (χ0n) is 19.0. The molecule has 1 heterocycles. The lowest BCUT2D eigenvalue weighted by Gasteiger charge is -2.30. The third kappa shape index (κ3) is 6.68. The van der Waals surface area contributed by atoms with Crippen LogP contribution in [-0.4, -0.2) is 35.0 Å². The normalized spacial score (nSPS) is 34.4. The highest BCUT2D eigenvalue weighted by Crippen LogP contribution is 2.46. The SMILES string of the molecule is C=C1CCC2O[C@]2(C)C(OC(=O)C=C(C)C)C=C[C@@](C)(CCC=C(C)C)C[C@H]1O. The average Bonchev–Trinajstić information content (AvgIpc) is 3.26. The highest BCUT2D eigenvalue weighted by Gasteiger charge is 2.58. The van der Waals surface area contributed by atoms with Gasteiger partial charge < -0.3 is 14.6 Å². The summed E-state index contributed by atoms with van der Waals surface area (Å²) in [6.45, 7) is 16.2. The lowest BCUT2D eigenvalue weighted by atomic mass is 9.78. The van der Waals surface area contributed by atoms with Crippen LogP contribution >= 0.6 is 0 Å². The van der Waals surface area contributed by atoms with Crippen LogP contribution in [0.15, 0.2) is 47.6 Å². The van der Waals surface area contributed by atoms with E-state index in [1.807, 2.05) is 26.8 Å². The summed E-state index contributed by atoms with van der Waals surface area (Å²) in [7, 11) is 0. The highest BCUT2D eigenvalue weighted by atomic mass is 16.6. The smallest absolute Gasteiger partial charge is 0.331 e. The Morgan fingerprint density at radius 3 is 2.62 bits per heavy atom. The number of allylic oxidation sites excluding steroid dienone is 4. The summed E-state index contributed by atoms with van der Waals surface area (Å²) in [5.74, 6) is -0.347. The number of epoxide rings is 1. The second-order valence-corrected chi connectivity index (χ2v) is 9.62. The molecule has 1 fully saturated rings. The largest absolute Gasteiger partial charge is 0.452 e. The van der Waals surface area contributed by atoms with Gasteiger partial charge in [-0.3, -0.25) is 0 Å². The van der Waals surface area contributed by atoms with E-state index in [0.29, 0.717) is 12.8 Å². The molecule has 4 nitrogen and oxygen atoms in total. The van der Waals surface area contributed by atoms with Crippen molar-refractivity contribution in [2.24, 2.45) is 5.41 Å². The van der Waals surface area contributed by atoms with E-state index in [1.165, 1.54) is 11.6 Å². The van der Waals surface area contributed by atoms with Crippen molar-refractivity contribution in [2.45, 2.75) is 97.6 Å². The fourth-order valence-electron chi connectivity index (χ4n) is 3.94. The Labute approximate surface area is 176 Å². The molecule has 1 N–H and O–H groups in total. The monoisotopic (exact) mass is 402 g/mol. The molecule has 0 aromatic carbocycles. The van der Waals surface area contributed by atoms with Crippen molar-refractivity contribution in [2.75, 3.05) is 0 Å². The number of fused-ring (bicyclic) bond motifs is 1. The Morgan fingerprint density at radius 1 is 1.31 bits per heavy atom. The number of esters is 1. The van der Waals surface area contributed by atoms with Gasteiger partial charge in [-0.1, -0.05) is 36.8 Å². The first-order valence-corrected chi connectivity index (χ1v) is 10.7. The van der Waals surface area contributed by atoms with Crippen molar-refractivity contribution in [3.63, 3.8) is 0 Å². The predicted molar refractivity (Wildman–Crippen MR) is 117 cm³/mol. The maximum atomic E-state index is 12.3. The molecule has 1 aliphatic carbocycles. The summed E-state index contributed by atoms with van der Waals surface area (Å²) in [4.78, 5) is 12.3. The molecule has 0 saturated carbocycles. The van der Waals surface area contributed by atoms with Gasteiger partial charge in [-0.05, 0) is 83.8 Å². The van der Waals surface area contributed by atoms with Crippen molar-refractivity contribution in [3.05, 3.63) is 47.6 Å². The molecule has 0 aromatic rings. The van der Waals surface area contributed by atoms with Crippen molar-refractivity contribution in [3.8, 4) is 0 Å². The molecule has 2 aliphatic rings. The first-order valence-electron chi connectivity index (χ1n) is 10.7. The van der Waals surface area contributed by atoms with Gasteiger partial charge in [0, 0.05) is 6.08 Å². The molecule has 2 unspecified atom stereocenters. The van der Waals surface area contributed by atoms with Crippen LogP contribution in [0.25, 0.3) is 0 Å². The van der Waals surface area contributed by atoms with Crippen molar-refractivity contribution >= 4 is 5.97 Å². The number of carbonyl (C=O) groups is 1. The van der Waals surface area contributed by atoms with Gasteiger partial charge in [0.05, 0.1) is 12.2 Å². The average molecular weight is 403 g/mol. The summed E-state index contributed by atoms with van der Waals surface area (Å²) in [6, 6.07) is 0. The Bertz CT molecular complexity index is 708. The van der Waals surface area contributed by atoms with Gasteiger partial charge in [-0.2, -0.15) is 0 Å². The molecule has 162 valence electrons.